The van der Waals surface area contributed by atoms with Crippen molar-refractivity contribution in [1.82, 2.24) is 9.78 Å². The Morgan fingerprint density at radius 3 is 2.26 bits per heavy atom. The van der Waals surface area contributed by atoms with Crippen molar-refractivity contribution in [3.8, 4) is 11.4 Å². The van der Waals surface area contributed by atoms with Gasteiger partial charge in [0.25, 0.3) is 0 Å². The summed E-state index contributed by atoms with van der Waals surface area (Å²) < 4.78 is 6.68. The number of rotatable bonds is 4. The molecule has 0 aliphatic rings. The molecule has 0 aliphatic carbocycles. The van der Waals surface area contributed by atoms with Gasteiger partial charge in [0.05, 0.1) is 5.69 Å². The molecule has 3 aromatic rings. The molecule has 0 unspecified atom stereocenters. The molecule has 6 nitrogen and oxygen atoms in total. The maximum Gasteiger partial charge on any atom is 0.368 e. The first-order valence-electron chi connectivity index (χ1n) is 8.05. The Labute approximate surface area is 160 Å². The highest BCUT2D eigenvalue weighted by molar-refractivity contribution is 6.30. The molecular weight excluding hydrogens is 368 g/mol. The minimum Gasteiger partial charge on any atom is -0.422 e. The largest absolute Gasteiger partial charge is 0.422 e. The standard InChI is InChI=1S/C20H15ClN2O4/c1-12-11-18(25)19(22-23(12)16-7-5-15(21)6-8-16)20(26)27-17-9-3-14(4-10-17)13(2)24/h3-11H,1-2H3. The van der Waals surface area contributed by atoms with E-state index in [1.807, 2.05) is 0 Å². The van der Waals surface area contributed by atoms with Crippen LogP contribution < -0.4 is 10.2 Å². The van der Waals surface area contributed by atoms with E-state index in [2.05, 4.69) is 5.10 Å². The summed E-state index contributed by atoms with van der Waals surface area (Å²) in [5.74, 6) is -0.762. The quantitative estimate of drug-likeness (QED) is 0.391. The zero-order valence-corrected chi connectivity index (χ0v) is 15.4. The molecule has 3 rings (SSSR count). The van der Waals surface area contributed by atoms with Crippen LogP contribution in [0.3, 0.4) is 0 Å². The normalized spacial score (nSPS) is 10.5. The summed E-state index contributed by atoms with van der Waals surface area (Å²) in [5.41, 5.74) is 0.823. The number of nitrogens with zero attached hydrogens (tertiary/aromatic N) is 2. The summed E-state index contributed by atoms with van der Waals surface area (Å²) in [6.45, 7) is 3.15. The molecule has 0 saturated carbocycles. The van der Waals surface area contributed by atoms with E-state index in [0.717, 1.165) is 0 Å². The van der Waals surface area contributed by atoms with Crippen LogP contribution in [0.4, 0.5) is 0 Å². The number of ether oxygens (including phenoxy) is 1. The zero-order valence-electron chi connectivity index (χ0n) is 14.6. The van der Waals surface area contributed by atoms with Crippen LogP contribution in [0.2, 0.25) is 5.02 Å². The Morgan fingerprint density at radius 1 is 1.04 bits per heavy atom. The molecule has 1 heterocycles. The van der Waals surface area contributed by atoms with Crippen molar-refractivity contribution in [3.63, 3.8) is 0 Å². The van der Waals surface area contributed by atoms with Gasteiger partial charge < -0.3 is 4.74 Å². The molecule has 0 spiro atoms. The third-order valence-electron chi connectivity index (χ3n) is 3.84. The SMILES string of the molecule is CC(=O)c1ccc(OC(=O)c2nn(-c3ccc(Cl)cc3)c(C)cc2=O)cc1. The monoisotopic (exact) mass is 382 g/mol. The Kier molecular flexibility index (Phi) is 5.19. The molecule has 27 heavy (non-hydrogen) atoms. The number of hydrogen-bond acceptors (Lipinski definition) is 5. The molecule has 0 fully saturated rings. The Bertz CT molecular complexity index is 1070. The molecule has 0 aliphatic heterocycles. The molecular formula is C20H15ClN2O4. The second-order valence-electron chi connectivity index (χ2n) is 5.86. The van der Waals surface area contributed by atoms with Crippen LogP contribution in [-0.4, -0.2) is 21.5 Å². The highest BCUT2D eigenvalue weighted by Gasteiger charge is 2.18. The van der Waals surface area contributed by atoms with E-state index in [4.69, 9.17) is 16.3 Å². The summed E-state index contributed by atoms with van der Waals surface area (Å²) in [6.07, 6.45) is 0. The van der Waals surface area contributed by atoms with Gasteiger partial charge in [-0.1, -0.05) is 11.6 Å². The number of benzene rings is 2. The lowest BCUT2D eigenvalue weighted by atomic mass is 10.1. The lowest BCUT2D eigenvalue weighted by molar-refractivity contribution is 0.0725. The maximum atomic E-state index is 12.4. The minimum absolute atomic E-state index is 0.0982. The van der Waals surface area contributed by atoms with Crippen molar-refractivity contribution < 1.29 is 14.3 Å². The molecule has 0 amide bonds. The van der Waals surface area contributed by atoms with Crippen molar-refractivity contribution in [3.05, 3.63) is 86.8 Å². The number of hydrogen-bond donors (Lipinski definition) is 0. The Balaban J connectivity index is 1.92. The maximum absolute atomic E-state index is 12.4. The van der Waals surface area contributed by atoms with Crippen molar-refractivity contribution in [2.75, 3.05) is 0 Å². The van der Waals surface area contributed by atoms with E-state index in [1.165, 1.54) is 29.8 Å². The molecule has 0 bridgehead atoms. The van der Waals surface area contributed by atoms with Crippen molar-refractivity contribution in [2.45, 2.75) is 13.8 Å². The molecule has 2 aromatic carbocycles. The van der Waals surface area contributed by atoms with Gasteiger partial charge in [-0.25, -0.2) is 9.48 Å². The van der Waals surface area contributed by atoms with Gasteiger partial charge in [-0.05, 0) is 62.4 Å². The highest BCUT2D eigenvalue weighted by atomic mass is 35.5. The van der Waals surface area contributed by atoms with Gasteiger partial charge in [0.2, 0.25) is 11.1 Å². The Hall–Kier alpha value is -3.25. The number of carbonyl (C=O) groups is 2. The fourth-order valence-electron chi connectivity index (χ4n) is 2.45. The topological polar surface area (TPSA) is 78.3 Å². The fraction of sp³-hybridized carbons (Fsp3) is 0.100. The van der Waals surface area contributed by atoms with Gasteiger partial charge in [0, 0.05) is 22.3 Å². The number of aryl methyl sites for hydroxylation is 1. The molecule has 0 atom stereocenters. The number of carbonyl (C=O) groups excluding carboxylic acids is 2. The lowest BCUT2D eigenvalue weighted by Crippen LogP contribution is -2.25. The third kappa shape index (κ3) is 4.12. The van der Waals surface area contributed by atoms with Gasteiger partial charge in [-0.15, -0.1) is 0 Å². The van der Waals surface area contributed by atoms with Gasteiger partial charge in [-0.3, -0.25) is 9.59 Å². The minimum atomic E-state index is -0.877. The number of halogens is 1. The van der Waals surface area contributed by atoms with Crippen LogP contribution in [0.25, 0.3) is 5.69 Å². The van der Waals surface area contributed by atoms with E-state index in [0.29, 0.717) is 22.0 Å². The van der Waals surface area contributed by atoms with E-state index >= 15 is 0 Å². The molecule has 1 aromatic heterocycles. The smallest absolute Gasteiger partial charge is 0.368 e. The number of esters is 1. The highest BCUT2D eigenvalue weighted by Crippen LogP contribution is 2.16. The van der Waals surface area contributed by atoms with E-state index in [9.17, 15) is 14.4 Å². The van der Waals surface area contributed by atoms with E-state index < -0.39 is 11.4 Å². The van der Waals surface area contributed by atoms with Crippen LogP contribution in [0, 0.1) is 6.92 Å². The van der Waals surface area contributed by atoms with Gasteiger partial charge in [0.1, 0.15) is 5.75 Å². The first-order chi connectivity index (χ1) is 12.8. The second-order valence-corrected chi connectivity index (χ2v) is 6.29. The van der Waals surface area contributed by atoms with Gasteiger partial charge in [0.15, 0.2) is 5.78 Å². The van der Waals surface area contributed by atoms with Crippen molar-refractivity contribution in [1.29, 1.82) is 0 Å². The predicted octanol–water partition coefficient (Wildman–Crippen LogP) is 3.62. The van der Waals surface area contributed by atoms with Crippen LogP contribution in [0.1, 0.15) is 33.5 Å². The van der Waals surface area contributed by atoms with Gasteiger partial charge >= 0.3 is 5.97 Å². The molecule has 0 saturated heterocycles. The zero-order chi connectivity index (χ0) is 19.6. The molecule has 7 heteroatoms. The van der Waals surface area contributed by atoms with Crippen molar-refractivity contribution in [2.24, 2.45) is 0 Å². The Morgan fingerprint density at radius 2 is 1.67 bits per heavy atom. The van der Waals surface area contributed by atoms with Crippen LogP contribution in [0.15, 0.2) is 59.4 Å². The third-order valence-corrected chi connectivity index (χ3v) is 4.10. The summed E-state index contributed by atoms with van der Waals surface area (Å²) in [7, 11) is 0. The number of Topliss-reactive ketones (excluding diaryl/α,β-unsaturated/α-hetero) is 1. The summed E-state index contributed by atoms with van der Waals surface area (Å²) in [4.78, 5) is 35.9. The van der Waals surface area contributed by atoms with Crippen LogP contribution >= 0.6 is 11.6 Å². The first-order valence-corrected chi connectivity index (χ1v) is 8.43. The summed E-state index contributed by atoms with van der Waals surface area (Å²) >= 11 is 5.89. The number of aromatic nitrogens is 2. The molecule has 136 valence electrons. The van der Waals surface area contributed by atoms with E-state index in [-0.39, 0.29) is 17.2 Å². The summed E-state index contributed by atoms with van der Waals surface area (Å²) in [6, 6.07) is 14.2. The predicted molar refractivity (Wildman–Crippen MR) is 101 cm³/mol. The van der Waals surface area contributed by atoms with Gasteiger partial charge in [-0.2, -0.15) is 5.10 Å². The average molecular weight is 383 g/mol. The summed E-state index contributed by atoms with van der Waals surface area (Å²) in [5, 5.41) is 4.71. The molecule has 0 radical (unpaired) electrons. The fourth-order valence-corrected chi connectivity index (χ4v) is 2.57. The number of ketones is 1. The second kappa shape index (κ2) is 7.55. The molecule has 0 N–H and O–H groups in total. The lowest BCUT2D eigenvalue weighted by Gasteiger charge is -2.11. The first kappa shape index (κ1) is 18.5. The van der Waals surface area contributed by atoms with Crippen molar-refractivity contribution >= 4 is 23.4 Å². The van der Waals surface area contributed by atoms with Crippen LogP contribution in [0.5, 0.6) is 5.75 Å². The van der Waals surface area contributed by atoms with Crippen LogP contribution in [-0.2, 0) is 0 Å². The van der Waals surface area contributed by atoms with E-state index in [1.54, 1.807) is 43.3 Å². The average Bonchev–Trinajstić information content (AvgIpc) is 2.63.